The first-order chi connectivity index (χ1) is 10.2. The zero-order valence-corrected chi connectivity index (χ0v) is 11.7. The van der Waals surface area contributed by atoms with Crippen molar-refractivity contribution < 1.29 is 4.92 Å². The highest BCUT2D eigenvalue weighted by molar-refractivity contribution is 5.32. The third-order valence-electron chi connectivity index (χ3n) is 3.72. The summed E-state index contributed by atoms with van der Waals surface area (Å²) < 4.78 is 2.14. The molecule has 1 saturated carbocycles. The van der Waals surface area contributed by atoms with Gasteiger partial charge in [-0.3, -0.25) is 10.1 Å². The Morgan fingerprint density at radius 3 is 2.76 bits per heavy atom. The van der Waals surface area contributed by atoms with Crippen LogP contribution in [-0.4, -0.2) is 20.5 Å². The molecule has 3 rings (SSSR count). The van der Waals surface area contributed by atoms with E-state index in [1.54, 1.807) is 12.1 Å². The first-order valence-electron chi connectivity index (χ1n) is 7.19. The maximum Gasteiger partial charge on any atom is 0.269 e. The van der Waals surface area contributed by atoms with Crippen LogP contribution in [0.15, 0.2) is 36.7 Å². The summed E-state index contributed by atoms with van der Waals surface area (Å²) in [4.78, 5) is 14.6. The van der Waals surface area contributed by atoms with Gasteiger partial charge < -0.3 is 9.88 Å². The molecule has 0 spiro atoms. The Bertz CT molecular complexity index is 617. The lowest BCUT2D eigenvalue weighted by atomic mass is 10.1. The average molecular weight is 286 g/mol. The van der Waals surface area contributed by atoms with E-state index in [-0.39, 0.29) is 10.6 Å². The van der Waals surface area contributed by atoms with Crippen LogP contribution in [0.2, 0.25) is 0 Å². The predicted octanol–water partition coefficient (Wildman–Crippen LogP) is 2.29. The Kier molecular flexibility index (Phi) is 3.96. The summed E-state index contributed by atoms with van der Waals surface area (Å²) in [5, 5.41) is 14.1. The number of imidazole rings is 1. The van der Waals surface area contributed by atoms with E-state index in [4.69, 9.17) is 0 Å². The lowest BCUT2D eigenvalue weighted by Crippen LogP contribution is -2.19. The van der Waals surface area contributed by atoms with Crippen LogP contribution in [0.4, 0.5) is 5.69 Å². The predicted molar refractivity (Wildman–Crippen MR) is 78.9 cm³/mol. The number of nitro benzene ring substituents is 1. The summed E-state index contributed by atoms with van der Waals surface area (Å²) in [6.45, 7) is 1.64. The number of aryl methyl sites for hydroxylation is 2. The maximum absolute atomic E-state index is 10.6. The summed E-state index contributed by atoms with van der Waals surface area (Å²) in [5.74, 6) is 1.05. The zero-order chi connectivity index (χ0) is 14.7. The third kappa shape index (κ3) is 3.66. The van der Waals surface area contributed by atoms with E-state index in [1.165, 1.54) is 12.8 Å². The van der Waals surface area contributed by atoms with Crippen molar-refractivity contribution in [2.75, 3.05) is 0 Å². The molecule has 0 saturated heterocycles. The van der Waals surface area contributed by atoms with Crippen LogP contribution in [0.25, 0.3) is 0 Å². The van der Waals surface area contributed by atoms with E-state index in [0.717, 1.165) is 30.9 Å². The van der Waals surface area contributed by atoms with Gasteiger partial charge >= 0.3 is 0 Å². The number of nitro groups is 1. The number of benzene rings is 1. The van der Waals surface area contributed by atoms with Crippen LogP contribution in [0.1, 0.15) is 24.2 Å². The van der Waals surface area contributed by atoms with Crippen molar-refractivity contribution in [1.29, 1.82) is 0 Å². The van der Waals surface area contributed by atoms with Crippen molar-refractivity contribution in [2.24, 2.45) is 0 Å². The summed E-state index contributed by atoms with van der Waals surface area (Å²) in [6, 6.07) is 7.41. The summed E-state index contributed by atoms with van der Waals surface area (Å²) >= 11 is 0. The minimum absolute atomic E-state index is 0.135. The van der Waals surface area contributed by atoms with Gasteiger partial charge in [-0.15, -0.1) is 0 Å². The molecule has 6 heteroatoms. The number of hydrogen-bond acceptors (Lipinski definition) is 4. The molecule has 1 aliphatic rings. The van der Waals surface area contributed by atoms with E-state index in [9.17, 15) is 10.1 Å². The number of nitrogens with zero attached hydrogens (tertiary/aromatic N) is 3. The summed E-state index contributed by atoms with van der Waals surface area (Å²) in [7, 11) is 0. The molecule has 0 atom stereocenters. The molecule has 1 N–H and O–H groups in total. The second-order valence-electron chi connectivity index (χ2n) is 5.37. The number of hydrogen-bond donors (Lipinski definition) is 1. The van der Waals surface area contributed by atoms with Gasteiger partial charge in [0.2, 0.25) is 0 Å². The van der Waals surface area contributed by atoms with Gasteiger partial charge in [-0.25, -0.2) is 4.98 Å². The molecule has 0 bridgehead atoms. The zero-order valence-electron chi connectivity index (χ0n) is 11.7. The molecule has 21 heavy (non-hydrogen) atoms. The fourth-order valence-electron chi connectivity index (χ4n) is 2.27. The van der Waals surface area contributed by atoms with Gasteiger partial charge in [0.05, 0.1) is 11.5 Å². The minimum Gasteiger partial charge on any atom is -0.334 e. The second-order valence-corrected chi connectivity index (χ2v) is 5.37. The molecule has 1 aliphatic carbocycles. The largest absolute Gasteiger partial charge is 0.334 e. The SMILES string of the molecule is O=[N+]([O-])c1ccc(CCn2ccnc2CNC2CC2)cc1. The van der Waals surface area contributed by atoms with Crippen molar-refractivity contribution in [3.63, 3.8) is 0 Å². The Balaban J connectivity index is 1.56. The van der Waals surface area contributed by atoms with Gasteiger partial charge in [0.15, 0.2) is 0 Å². The van der Waals surface area contributed by atoms with Crippen molar-refractivity contribution in [1.82, 2.24) is 14.9 Å². The fourth-order valence-corrected chi connectivity index (χ4v) is 2.27. The molecule has 0 aliphatic heterocycles. The molecular formula is C15H18N4O2. The van der Waals surface area contributed by atoms with Crippen LogP contribution in [0, 0.1) is 10.1 Å². The highest BCUT2D eigenvalue weighted by Crippen LogP contribution is 2.19. The fraction of sp³-hybridized carbons (Fsp3) is 0.400. The van der Waals surface area contributed by atoms with Crippen molar-refractivity contribution in [2.45, 2.75) is 38.4 Å². The van der Waals surface area contributed by atoms with Gasteiger partial charge in [0.25, 0.3) is 5.69 Å². The quantitative estimate of drug-likeness (QED) is 0.626. The first-order valence-corrected chi connectivity index (χ1v) is 7.19. The monoisotopic (exact) mass is 286 g/mol. The van der Waals surface area contributed by atoms with Gasteiger partial charge in [0.1, 0.15) is 5.82 Å². The Labute approximate surface area is 123 Å². The number of non-ortho nitro benzene ring substituents is 1. The highest BCUT2D eigenvalue weighted by Gasteiger charge is 2.20. The first kappa shape index (κ1) is 13.8. The molecule has 0 radical (unpaired) electrons. The molecule has 0 unspecified atom stereocenters. The van der Waals surface area contributed by atoms with Crippen molar-refractivity contribution in [3.05, 3.63) is 58.2 Å². The minimum atomic E-state index is -0.374. The number of aromatic nitrogens is 2. The molecule has 0 amide bonds. The highest BCUT2D eigenvalue weighted by atomic mass is 16.6. The Hall–Kier alpha value is -2.21. The lowest BCUT2D eigenvalue weighted by Gasteiger charge is -2.08. The topological polar surface area (TPSA) is 73.0 Å². The van der Waals surface area contributed by atoms with E-state index in [2.05, 4.69) is 14.9 Å². The molecule has 1 aromatic carbocycles. The van der Waals surface area contributed by atoms with Crippen LogP contribution >= 0.6 is 0 Å². The van der Waals surface area contributed by atoms with Gasteiger partial charge in [-0.1, -0.05) is 12.1 Å². The van der Waals surface area contributed by atoms with Crippen LogP contribution in [0.5, 0.6) is 0 Å². The van der Waals surface area contributed by atoms with E-state index in [1.807, 2.05) is 24.5 Å². The number of nitrogens with one attached hydrogen (secondary N) is 1. The van der Waals surface area contributed by atoms with Crippen molar-refractivity contribution in [3.8, 4) is 0 Å². The van der Waals surface area contributed by atoms with Crippen molar-refractivity contribution >= 4 is 5.69 Å². The third-order valence-corrected chi connectivity index (χ3v) is 3.72. The smallest absolute Gasteiger partial charge is 0.269 e. The maximum atomic E-state index is 10.6. The Morgan fingerprint density at radius 1 is 1.33 bits per heavy atom. The van der Waals surface area contributed by atoms with Crippen LogP contribution in [-0.2, 0) is 19.5 Å². The molecule has 2 aromatic rings. The molecule has 6 nitrogen and oxygen atoms in total. The lowest BCUT2D eigenvalue weighted by molar-refractivity contribution is -0.384. The van der Waals surface area contributed by atoms with Gasteiger partial charge in [-0.05, 0) is 24.8 Å². The normalized spacial score (nSPS) is 14.3. The van der Waals surface area contributed by atoms with Crippen LogP contribution in [0.3, 0.4) is 0 Å². The standard InChI is InChI=1S/C15H18N4O2/c20-19(21)14-5-1-12(2-6-14)7-9-18-10-8-16-15(18)11-17-13-3-4-13/h1-2,5-6,8,10,13,17H,3-4,7,9,11H2. The average Bonchev–Trinajstić information content (AvgIpc) is 3.21. The van der Waals surface area contributed by atoms with Gasteiger partial charge in [-0.2, -0.15) is 0 Å². The Morgan fingerprint density at radius 2 is 2.10 bits per heavy atom. The van der Waals surface area contributed by atoms with Crippen LogP contribution < -0.4 is 5.32 Å². The van der Waals surface area contributed by atoms with Gasteiger partial charge in [0, 0.05) is 37.1 Å². The summed E-state index contributed by atoms with van der Waals surface area (Å²) in [6.07, 6.45) is 7.17. The van der Waals surface area contributed by atoms with E-state index in [0.29, 0.717) is 6.04 Å². The van der Waals surface area contributed by atoms with E-state index >= 15 is 0 Å². The molecule has 1 fully saturated rings. The van der Waals surface area contributed by atoms with E-state index < -0.39 is 0 Å². The molecule has 1 heterocycles. The molecular weight excluding hydrogens is 268 g/mol. The molecule has 1 aromatic heterocycles. The number of rotatable bonds is 7. The second kappa shape index (κ2) is 6.05. The molecule has 110 valence electrons. The summed E-state index contributed by atoms with van der Waals surface area (Å²) in [5.41, 5.74) is 1.23.